The SMILES string of the molecule is O=C1CCC(N2Cc3cc(-c4ccc5cc(Cl)ccc5n4)ccc3C2=O)C(=O)N1. The highest BCUT2D eigenvalue weighted by Gasteiger charge is 2.39. The Kier molecular flexibility index (Phi) is 4.10. The Morgan fingerprint density at radius 3 is 2.72 bits per heavy atom. The minimum atomic E-state index is -0.611. The first-order valence-corrected chi connectivity index (χ1v) is 9.72. The van der Waals surface area contributed by atoms with E-state index in [2.05, 4.69) is 5.32 Å². The summed E-state index contributed by atoms with van der Waals surface area (Å²) < 4.78 is 0. The largest absolute Gasteiger partial charge is 0.322 e. The molecule has 0 radical (unpaired) electrons. The van der Waals surface area contributed by atoms with Gasteiger partial charge in [-0.2, -0.15) is 0 Å². The molecular weight excluding hydrogens is 390 g/mol. The Hall–Kier alpha value is -3.25. The second kappa shape index (κ2) is 6.67. The van der Waals surface area contributed by atoms with Gasteiger partial charge in [-0.3, -0.25) is 19.7 Å². The first-order valence-electron chi connectivity index (χ1n) is 9.34. The highest BCUT2D eigenvalue weighted by atomic mass is 35.5. The van der Waals surface area contributed by atoms with Crippen molar-refractivity contribution in [2.75, 3.05) is 0 Å². The number of benzene rings is 2. The zero-order valence-electron chi connectivity index (χ0n) is 15.3. The number of nitrogens with zero attached hydrogens (tertiary/aromatic N) is 2. The predicted molar refractivity (Wildman–Crippen MR) is 108 cm³/mol. The van der Waals surface area contributed by atoms with Crippen molar-refractivity contribution in [1.82, 2.24) is 15.2 Å². The van der Waals surface area contributed by atoms with Gasteiger partial charge in [0.2, 0.25) is 11.8 Å². The number of carbonyl (C=O) groups is 3. The van der Waals surface area contributed by atoms with Gasteiger partial charge in [-0.15, -0.1) is 0 Å². The summed E-state index contributed by atoms with van der Waals surface area (Å²) in [4.78, 5) is 42.6. The molecule has 29 heavy (non-hydrogen) atoms. The van der Waals surface area contributed by atoms with Gasteiger partial charge < -0.3 is 4.90 Å². The van der Waals surface area contributed by atoms with Crippen LogP contribution in [-0.2, 0) is 16.1 Å². The van der Waals surface area contributed by atoms with Crippen LogP contribution < -0.4 is 5.32 Å². The molecule has 3 aromatic rings. The molecule has 1 atom stereocenters. The van der Waals surface area contributed by atoms with E-state index in [1.165, 1.54) is 0 Å². The Morgan fingerprint density at radius 2 is 1.90 bits per heavy atom. The fourth-order valence-electron chi connectivity index (χ4n) is 3.99. The summed E-state index contributed by atoms with van der Waals surface area (Å²) >= 11 is 6.04. The molecule has 2 aromatic carbocycles. The van der Waals surface area contributed by atoms with Crippen molar-refractivity contribution in [3.8, 4) is 11.3 Å². The lowest BCUT2D eigenvalue weighted by Gasteiger charge is -2.29. The maximum absolute atomic E-state index is 12.8. The number of imide groups is 1. The summed E-state index contributed by atoms with van der Waals surface area (Å²) in [6.07, 6.45) is 0.596. The average Bonchev–Trinajstić information content (AvgIpc) is 3.03. The Bertz CT molecular complexity index is 1210. The highest BCUT2D eigenvalue weighted by molar-refractivity contribution is 6.31. The predicted octanol–water partition coefficient (Wildman–Crippen LogP) is 3.32. The van der Waals surface area contributed by atoms with E-state index in [-0.39, 0.29) is 18.2 Å². The molecule has 3 heterocycles. The standard InChI is InChI=1S/C22H16ClN3O3/c23-15-3-6-18-13(10-15)2-5-17(24-18)12-1-4-16-14(9-12)11-26(22(16)29)19-7-8-20(27)25-21(19)28/h1-6,9-10,19H,7-8,11H2,(H,25,27,28). The van der Waals surface area contributed by atoms with E-state index in [9.17, 15) is 14.4 Å². The first kappa shape index (κ1) is 17.8. The number of amides is 3. The Labute approximate surface area is 171 Å². The van der Waals surface area contributed by atoms with Crippen LogP contribution >= 0.6 is 11.6 Å². The molecule has 0 aliphatic carbocycles. The van der Waals surface area contributed by atoms with E-state index in [0.29, 0.717) is 23.6 Å². The van der Waals surface area contributed by atoms with Crippen molar-refractivity contribution >= 4 is 40.2 Å². The molecule has 0 bridgehead atoms. The molecule has 2 aliphatic rings. The van der Waals surface area contributed by atoms with Crippen molar-refractivity contribution < 1.29 is 14.4 Å². The first-order chi connectivity index (χ1) is 14.0. The quantitative estimate of drug-likeness (QED) is 0.663. The molecule has 5 rings (SSSR count). The van der Waals surface area contributed by atoms with Crippen molar-refractivity contribution in [2.45, 2.75) is 25.4 Å². The zero-order valence-corrected chi connectivity index (χ0v) is 16.1. The van der Waals surface area contributed by atoms with Crippen LogP contribution in [0.25, 0.3) is 22.2 Å². The molecule has 144 valence electrons. The van der Waals surface area contributed by atoms with Gasteiger partial charge >= 0.3 is 0 Å². The fourth-order valence-corrected chi connectivity index (χ4v) is 4.17. The zero-order chi connectivity index (χ0) is 20.1. The van der Waals surface area contributed by atoms with Gasteiger partial charge in [0.15, 0.2) is 0 Å². The third-order valence-electron chi connectivity index (χ3n) is 5.47. The van der Waals surface area contributed by atoms with E-state index in [0.717, 1.165) is 27.7 Å². The number of nitrogens with one attached hydrogen (secondary N) is 1. The summed E-state index contributed by atoms with van der Waals surface area (Å²) in [5, 5.41) is 3.94. The average molecular weight is 406 g/mol. The van der Waals surface area contributed by atoms with Crippen LogP contribution in [0.5, 0.6) is 0 Å². The summed E-state index contributed by atoms with van der Waals surface area (Å²) in [7, 11) is 0. The lowest BCUT2D eigenvalue weighted by atomic mass is 10.0. The number of aromatic nitrogens is 1. The van der Waals surface area contributed by atoms with Crippen molar-refractivity contribution in [2.24, 2.45) is 0 Å². The normalized spacial score (nSPS) is 18.9. The number of piperidine rings is 1. The number of halogens is 1. The molecule has 2 aliphatic heterocycles. The monoisotopic (exact) mass is 405 g/mol. The molecule has 1 fully saturated rings. The number of hydrogen-bond donors (Lipinski definition) is 1. The highest BCUT2D eigenvalue weighted by Crippen LogP contribution is 2.31. The number of pyridine rings is 1. The molecule has 1 N–H and O–H groups in total. The van der Waals surface area contributed by atoms with E-state index >= 15 is 0 Å². The lowest BCUT2D eigenvalue weighted by Crippen LogP contribution is -2.52. The molecule has 3 amide bonds. The number of hydrogen-bond acceptors (Lipinski definition) is 4. The van der Waals surface area contributed by atoms with E-state index in [4.69, 9.17) is 16.6 Å². The van der Waals surface area contributed by atoms with Crippen LogP contribution in [0.3, 0.4) is 0 Å². The third kappa shape index (κ3) is 3.06. The van der Waals surface area contributed by atoms with Gasteiger partial charge in [0.05, 0.1) is 11.2 Å². The van der Waals surface area contributed by atoms with Crippen molar-refractivity contribution in [1.29, 1.82) is 0 Å². The Morgan fingerprint density at radius 1 is 1.03 bits per heavy atom. The van der Waals surface area contributed by atoms with E-state index < -0.39 is 11.9 Å². The van der Waals surface area contributed by atoms with Gasteiger partial charge in [0.25, 0.3) is 5.91 Å². The topological polar surface area (TPSA) is 79.4 Å². The van der Waals surface area contributed by atoms with Gasteiger partial charge in [-0.1, -0.05) is 23.7 Å². The third-order valence-corrected chi connectivity index (χ3v) is 5.71. The molecule has 0 saturated carbocycles. The van der Waals surface area contributed by atoms with Crippen LogP contribution in [0, 0.1) is 0 Å². The van der Waals surface area contributed by atoms with Gasteiger partial charge in [0.1, 0.15) is 6.04 Å². The maximum Gasteiger partial charge on any atom is 0.255 e. The molecule has 6 nitrogen and oxygen atoms in total. The van der Waals surface area contributed by atoms with Gasteiger partial charge in [0, 0.05) is 34.5 Å². The fraction of sp³-hybridized carbons (Fsp3) is 0.182. The molecule has 1 saturated heterocycles. The summed E-state index contributed by atoms with van der Waals surface area (Å²) in [6.45, 7) is 0.345. The molecular formula is C22H16ClN3O3. The number of rotatable bonds is 2. The van der Waals surface area contributed by atoms with Gasteiger partial charge in [-0.25, -0.2) is 4.98 Å². The summed E-state index contributed by atoms with van der Waals surface area (Å²) in [6, 6.07) is 14.4. The van der Waals surface area contributed by atoms with Crippen molar-refractivity contribution in [3.63, 3.8) is 0 Å². The lowest BCUT2D eigenvalue weighted by molar-refractivity contribution is -0.136. The summed E-state index contributed by atoms with van der Waals surface area (Å²) in [5.74, 6) is -0.874. The molecule has 1 unspecified atom stereocenters. The second-order valence-corrected chi connectivity index (χ2v) is 7.74. The van der Waals surface area contributed by atoms with Crippen LogP contribution in [0.4, 0.5) is 0 Å². The van der Waals surface area contributed by atoms with Crippen LogP contribution in [0.2, 0.25) is 5.02 Å². The van der Waals surface area contributed by atoms with E-state index in [1.54, 1.807) is 17.0 Å². The van der Waals surface area contributed by atoms with E-state index in [1.807, 2.05) is 36.4 Å². The molecule has 0 spiro atoms. The molecule has 1 aromatic heterocycles. The van der Waals surface area contributed by atoms with Crippen LogP contribution in [0.1, 0.15) is 28.8 Å². The minimum absolute atomic E-state index is 0.179. The smallest absolute Gasteiger partial charge is 0.255 e. The van der Waals surface area contributed by atoms with Gasteiger partial charge in [-0.05, 0) is 48.4 Å². The molecule has 7 heteroatoms. The summed E-state index contributed by atoms with van der Waals surface area (Å²) in [5.41, 5.74) is 3.99. The maximum atomic E-state index is 12.8. The minimum Gasteiger partial charge on any atom is -0.322 e. The van der Waals surface area contributed by atoms with Crippen LogP contribution in [-0.4, -0.2) is 33.6 Å². The van der Waals surface area contributed by atoms with Crippen molar-refractivity contribution in [3.05, 3.63) is 64.7 Å². The Balaban J connectivity index is 1.46. The number of fused-ring (bicyclic) bond motifs is 2. The van der Waals surface area contributed by atoms with Crippen LogP contribution in [0.15, 0.2) is 48.5 Å². The number of carbonyl (C=O) groups excluding carboxylic acids is 3. The second-order valence-electron chi connectivity index (χ2n) is 7.31.